The molecule has 0 N–H and O–H groups in total. The Bertz CT molecular complexity index is 338. The summed E-state index contributed by atoms with van der Waals surface area (Å²) in [6.07, 6.45) is 0.224. The number of carbonyl (C=O) groups excluding carboxylic acids is 1. The van der Waals surface area contributed by atoms with Crippen LogP contribution < -0.4 is 9.47 Å². The van der Waals surface area contributed by atoms with Crippen LogP contribution in [0.15, 0.2) is 18.2 Å². The predicted molar refractivity (Wildman–Crippen MR) is 59.9 cm³/mol. The molecule has 88 valence electrons. The largest absolute Gasteiger partial charge is 0.497 e. The maximum Gasteiger partial charge on any atom is 0.310 e. The van der Waals surface area contributed by atoms with E-state index in [0.29, 0.717) is 18.1 Å². The van der Waals surface area contributed by atoms with Gasteiger partial charge in [-0.15, -0.1) is 0 Å². The first kappa shape index (κ1) is 12.4. The van der Waals surface area contributed by atoms with Gasteiger partial charge in [-0.1, -0.05) is 0 Å². The van der Waals surface area contributed by atoms with Gasteiger partial charge in [-0.3, -0.25) is 4.79 Å². The Morgan fingerprint density at radius 2 is 1.69 bits per heavy atom. The van der Waals surface area contributed by atoms with E-state index >= 15 is 0 Å². The Balaban J connectivity index is 2.82. The third kappa shape index (κ3) is 3.46. The minimum atomic E-state index is -0.252. The number of rotatable bonds is 5. The molecule has 1 aromatic carbocycles. The van der Waals surface area contributed by atoms with Crippen molar-refractivity contribution in [2.24, 2.45) is 0 Å². The molecule has 0 aliphatic rings. The van der Waals surface area contributed by atoms with E-state index < -0.39 is 0 Å². The highest BCUT2D eigenvalue weighted by atomic mass is 16.5. The monoisotopic (exact) mass is 224 g/mol. The van der Waals surface area contributed by atoms with E-state index in [-0.39, 0.29) is 12.4 Å². The highest BCUT2D eigenvalue weighted by Gasteiger charge is 2.07. The van der Waals surface area contributed by atoms with Crippen molar-refractivity contribution in [3.05, 3.63) is 23.8 Å². The first-order valence-corrected chi connectivity index (χ1v) is 5.07. The summed E-state index contributed by atoms with van der Waals surface area (Å²) in [6, 6.07) is 5.34. The second-order valence-corrected chi connectivity index (χ2v) is 3.20. The lowest BCUT2D eigenvalue weighted by atomic mass is 10.1. The maximum absolute atomic E-state index is 11.3. The smallest absolute Gasteiger partial charge is 0.310 e. The van der Waals surface area contributed by atoms with Crippen molar-refractivity contribution in [1.29, 1.82) is 0 Å². The number of hydrogen-bond acceptors (Lipinski definition) is 4. The summed E-state index contributed by atoms with van der Waals surface area (Å²) in [5.74, 6) is 1.08. The number of esters is 1. The van der Waals surface area contributed by atoms with Crippen LogP contribution in [0.3, 0.4) is 0 Å². The molecule has 4 nitrogen and oxygen atoms in total. The number of benzene rings is 1. The summed E-state index contributed by atoms with van der Waals surface area (Å²) in [6.45, 7) is 2.17. The van der Waals surface area contributed by atoms with Crippen LogP contribution in [0.5, 0.6) is 11.5 Å². The molecule has 0 radical (unpaired) electrons. The SMILES string of the molecule is CCOC(=O)Cc1cc(OC)cc(OC)c1. The molecule has 0 spiro atoms. The zero-order valence-corrected chi connectivity index (χ0v) is 9.78. The normalized spacial score (nSPS) is 9.69. The molecule has 1 aromatic rings. The van der Waals surface area contributed by atoms with Gasteiger partial charge in [0, 0.05) is 6.07 Å². The van der Waals surface area contributed by atoms with E-state index in [0.717, 1.165) is 5.56 Å². The third-order valence-corrected chi connectivity index (χ3v) is 2.07. The quantitative estimate of drug-likeness (QED) is 0.715. The van der Waals surface area contributed by atoms with Gasteiger partial charge in [-0.25, -0.2) is 0 Å². The lowest BCUT2D eigenvalue weighted by Gasteiger charge is -2.08. The van der Waals surface area contributed by atoms with Crippen molar-refractivity contribution < 1.29 is 19.0 Å². The zero-order chi connectivity index (χ0) is 12.0. The fourth-order valence-electron chi connectivity index (χ4n) is 1.35. The van der Waals surface area contributed by atoms with E-state index in [9.17, 15) is 4.79 Å². The Morgan fingerprint density at radius 1 is 1.12 bits per heavy atom. The summed E-state index contributed by atoms with van der Waals surface area (Å²) in [5.41, 5.74) is 0.814. The van der Waals surface area contributed by atoms with Crippen LogP contribution in [0.25, 0.3) is 0 Å². The standard InChI is InChI=1S/C12H16O4/c1-4-16-12(13)7-9-5-10(14-2)8-11(6-9)15-3/h5-6,8H,4,7H2,1-3H3. The van der Waals surface area contributed by atoms with Crippen molar-refractivity contribution in [2.45, 2.75) is 13.3 Å². The van der Waals surface area contributed by atoms with Crippen LogP contribution in [-0.2, 0) is 16.0 Å². The summed E-state index contributed by atoms with van der Waals surface area (Å²) in [4.78, 5) is 11.3. The minimum Gasteiger partial charge on any atom is -0.497 e. The van der Waals surface area contributed by atoms with Crippen molar-refractivity contribution in [2.75, 3.05) is 20.8 Å². The van der Waals surface area contributed by atoms with E-state index in [4.69, 9.17) is 14.2 Å². The van der Waals surface area contributed by atoms with E-state index in [1.54, 1.807) is 39.3 Å². The minimum absolute atomic E-state index is 0.224. The lowest BCUT2D eigenvalue weighted by molar-refractivity contribution is -0.142. The first-order valence-electron chi connectivity index (χ1n) is 5.07. The molecule has 0 saturated heterocycles. The van der Waals surface area contributed by atoms with Crippen LogP contribution in [0.1, 0.15) is 12.5 Å². The van der Waals surface area contributed by atoms with Gasteiger partial charge in [0.1, 0.15) is 11.5 Å². The number of methoxy groups -OCH3 is 2. The van der Waals surface area contributed by atoms with Crippen molar-refractivity contribution in [3.8, 4) is 11.5 Å². The summed E-state index contributed by atoms with van der Waals surface area (Å²) in [7, 11) is 3.14. The molecular weight excluding hydrogens is 208 g/mol. The zero-order valence-electron chi connectivity index (χ0n) is 9.78. The fourth-order valence-corrected chi connectivity index (χ4v) is 1.35. The van der Waals surface area contributed by atoms with E-state index in [1.165, 1.54) is 0 Å². The van der Waals surface area contributed by atoms with Gasteiger partial charge in [-0.2, -0.15) is 0 Å². The summed E-state index contributed by atoms with van der Waals surface area (Å²) >= 11 is 0. The molecule has 1 rings (SSSR count). The molecule has 0 saturated carbocycles. The topological polar surface area (TPSA) is 44.8 Å². The molecule has 0 unspecified atom stereocenters. The van der Waals surface area contributed by atoms with Gasteiger partial charge in [0.05, 0.1) is 27.2 Å². The van der Waals surface area contributed by atoms with Crippen LogP contribution in [0.2, 0.25) is 0 Å². The molecule has 0 bridgehead atoms. The Kier molecular flexibility index (Phi) is 4.64. The number of ether oxygens (including phenoxy) is 3. The molecule has 16 heavy (non-hydrogen) atoms. The highest BCUT2D eigenvalue weighted by molar-refractivity contribution is 5.73. The second kappa shape index (κ2) is 6.00. The maximum atomic E-state index is 11.3. The van der Waals surface area contributed by atoms with Gasteiger partial charge in [-0.05, 0) is 24.6 Å². The van der Waals surface area contributed by atoms with E-state index in [2.05, 4.69) is 0 Å². The molecular formula is C12H16O4. The third-order valence-electron chi connectivity index (χ3n) is 2.07. The van der Waals surface area contributed by atoms with Gasteiger partial charge in [0.2, 0.25) is 0 Å². The fraction of sp³-hybridized carbons (Fsp3) is 0.417. The lowest BCUT2D eigenvalue weighted by Crippen LogP contribution is -2.07. The molecule has 0 aliphatic heterocycles. The molecule has 0 amide bonds. The van der Waals surface area contributed by atoms with Gasteiger partial charge in [0.15, 0.2) is 0 Å². The van der Waals surface area contributed by atoms with Crippen molar-refractivity contribution >= 4 is 5.97 Å². The summed E-state index contributed by atoms with van der Waals surface area (Å²) < 4.78 is 15.1. The van der Waals surface area contributed by atoms with Gasteiger partial charge < -0.3 is 14.2 Å². The Morgan fingerprint density at radius 3 is 2.12 bits per heavy atom. The molecule has 0 atom stereocenters. The van der Waals surface area contributed by atoms with Crippen molar-refractivity contribution in [1.82, 2.24) is 0 Å². The molecule has 0 heterocycles. The Labute approximate surface area is 95.1 Å². The Hall–Kier alpha value is -1.71. The molecule has 0 fully saturated rings. The average molecular weight is 224 g/mol. The second-order valence-electron chi connectivity index (χ2n) is 3.20. The number of carbonyl (C=O) groups is 1. The summed E-state index contributed by atoms with van der Waals surface area (Å²) in [5, 5.41) is 0. The van der Waals surface area contributed by atoms with Crippen LogP contribution in [0, 0.1) is 0 Å². The van der Waals surface area contributed by atoms with Gasteiger partial charge in [0.25, 0.3) is 0 Å². The van der Waals surface area contributed by atoms with E-state index in [1.807, 2.05) is 0 Å². The van der Waals surface area contributed by atoms with Crippen molar-refractivity contribution in [3.63, 3.8) is 0 Å². The highest BCUT2D eigenvalue weighted by Crippen LogP contribution is 2.22. The van der Waals surface area contributed by atoms with Crippen LogP contribution >= 0.6 is 0 Å². The van der Waals surface area contributed by atoms with Crippen LogP contribution in [0.4, 0.5) is 0 Å². The average Bonchev–Trinajstić information content (AvgIpc) is 2.28. The van der Waals surface area contributed by atoms with Crippen LogP contribution in [-0.4, -0.2) is 26.8 Å². The molecule has 4 heteroatoms. The first-order chi connectivity index (χ1) is 7.69. The van der Waals surface area contributed by atoms with Gasteiger partial charge >= 0.3 is 5.97 Å². The predicted octanol–water partition coefficient (Wildman–Crippen LogP) is 1.81. The molecule has 0 aromatic heterocycles. The number of hydrogen-bond donors (Lipinski definition) is 0. The molecule has 0 aliphatic carbocycles.